The fraction of sp³-hybridized carbons (Fsp3) is 0.385. The number of halogens is 1. The summed E-state index contributed by atoms with van der Waals surface area (Å²) in [5, 5.41) is 3.61. The molecule has 3 nitrogen and oxygen atoms in total. The Kier molecular flexibility index (Phi) is 4.82. The summed E-state index contributed by atoms with van der Waals surface area (Å²) in [7, 11) is 1.75. The van der Waals surface area contributed by atoms with Crippen molar-refractivity contribution in [2.24, 2.45) is 0 Å². The first kappa shape index (κ1) is 13.4. The quantitative estimate of drug-likeness (QED) is 0.820. The fourth-order valence-corrected chi connectivity index (χ4v) is 1.40. The van der Waals surface area contributed by atoms with Gasteiger partial charge in [-0.05, 0) is 18.6 Å². The van der Waals surface area contributed by atoms with E-state index in [1.807, 2.05) is 6.07 Å². The topological polar surface area (TPSA) is 37.8 Å². The lowest BCUT2D eigenvalue weighted by molar-refractivity contribution is 0.627. The van der Waals surface area contributed by atoms with Crippen molar-refractivity contribution in [3.63, 3.8) is 0 Å². The first-order valence-electron chi connectivity index (χ1n) is 5.73. The van der Waals surface area contributed by atoms with E-state index in [9.17, 15) is 4.39 Å². The highest BCUT2D eigenvalue weighted by Crippen LogP contribution is 2.22. The van der Waals surface area contributed by atoms with Gasteiger partial charge >= 0.3 is 0 Å². The van der Waals surface area contributed by atoms with Gasteiger partial charge in [-0.2, -0.15) is 0 Å². The van der Waals surface area contributed by atoms with Crippen molar-refractivity contribution in [3.8, 4) is 0 Å². The third kappa shape index (κ3) is 2.90. The molecule has 4 heteroatoms. The van der Waals surface area contributed by atoms with Crippen molar-refractivity contribution >= 4 is 16.7 Å². The van der Waals surface area contributed by atoms with Gasteiger partial charge in [0.2, 0.25) is 0 Å². The molecule has 2 aromatic rings. The van der Waals surface area contributed by atoms with Crippen molar-refractivity contribution in [2.75, 3.05) is 12.4 Å². The highest BCUT2D eigenvalue weighted by atomic mass is 19.1. The molecule has 0 aliphatic carbocycles. The van der Waals surface area contributed by atoms with Gasteiger partial charge < -0.3 is 5.32 Å². The second-order valence-electron chi connectivity index (χ2n) is 3.77. The summed E-state index contributed by atoms with van der Waals surface area (Å²) < 4.78 is 13.6. The summed E-state index contributed by atoms with van der Waals surface area (Å²) in [6.45, 7) is 5.97. The van der Waals surface area contributed by atoms with Gasteiger partial charge in [0.05, 0.1) is 0 Å². The van der Waals surface area contributed by atoms with Gasteiger partial charge in [-0.1, -0.05) is 26.3 Å². The fourth-order valence-electron chi connectivity index (χ4n) is 1.40. The molecular formula is C13H20FN3. The lowest BCUT2D eigenvalue weighted by Crippen LogP contribution is -1.97. The van der Waals surface area contributed by atoms with Crippen LogP contribution in [0.15, 0.2) is 18.5 Å². The number of rotatable bonds is 1. The summed E-state index contributed by atoms with van der Waals surface area (Å²) >= 11 is 0. The van der Waals surface area contributed by atoms with Gasteiger partial charge in [-0.25, -0.2) is 14.4 Å². The van der Waals surface area contributed by atoms with E-state index in [4.69, 9.17) is 0 Å². The Morgan fingerprint density at radius 2 is 1.94 bits per heavy atom. The summed E-state index contributed by atoms with van der Waals surface area (Å²) in [4.78, 5) is 7.93. The van der Waals surface area contributed by atoms with Crippen molar-refractivity contribution in [3.05, 3.63) is 29.8 Å². The van der Waals surface area contributed by atoms with Crippen LogP contribution in [0.4, 0.5) is 10.2 Å². The predicted molar refractivity (Wildman–Crippen MR) is 71.9 cm³/mol. The maximum atomic E-state index is 13.6. The van der Waals surface area contributed by atoms with Crippen LogP contribution in [-0.2, 0) is 0 Å². The molecule has 0 atom stereocenters. The van der Waals surface area contributed by atoms with Crippen molar-refractivity contribution in [2.45, 2.75) is 27.2 Å². The normalized spacial score (nSPS) is 9.71. The molecule has 0 saturated carbocycles. The standard InChI is InChI=1S/C10H10FN3.C3H8.H2/c1-6-3-4-7-9(8(6)11)13-5-14-10(7)12-2;1-3-2;/h3-5H,1-2H3,(H,12,13,14);3H2,1-2H3;1H. The van der Waals surface area contributed by atoms with Crippen LogP contribution in [0.25, 0.3) is 10.9 Å². The van der Waals surface area contributed by atoms with E-state index in [1.165, 1.54) is 12.7 Å². The molecule has 94 valence electrons. The Labute approximate surface area is 103 Å². The number of fused-ring (bicyclic) bond motifs is 1. The molecule has 0 bridgehead atoms. The second kappa shape index (κ2) is 6.13. The van der Waals surface area contributed by atoms with E-state index in [1.54, 1.807) is 20.0 Å². The van der Waals surface area contributed by atoms with Crippen LogP contribution in [0.1, 0.15) is 27.3 Å². The smallest absolute Gasteiger partial charge is 0.152 e. The van der Waals surface area contributed by atoms with Crippen molar-refractivity contribution < 1.29 is 5.82 Å². The zero-order chi connectivity index (χ0) is 12.8. The second-order valence-corrected chi connectivity index (χ2v) is 3.77. The number of nitrogens with zero attached hydrogens (tertiary/aromatic N) is 2. The number of benzene rings is 1. The zero-order valence-electron chi connectivity index (χ0n) is 10.7. The van der Waals surface area contributed by atoms with E-state index in [-0.39, 0.29) is 7.24 Å². The molecule has 1 N–H and O–H groups in total. The molecule has 0 unspecified atom stereocenters. The number of aryl methyl sites for hydroxylation is 1. The molecule has 0 spiro atoms. The van der Waals surface area contributed by atoms with Crippen LogP contribution in [0.5, 0.6) is 0 Å². The number of hydrogen-bond donors (Lipinski definition) is 1. The van der Waals surface area contributed by atoms with E-state index in [0.29, 0.717) is 22.3 Å². The maximum Gasteiger partial charge on any atom is 0.152 e. The van der Waals surface area contributed by atoms with Crippen LogP contribution in [0.3, 0.4) is 0 Å². The Balaban J connectivity index is 0.000000660. The Bertz CT molecular complexity index is 503. The molecule has 1 aromatic heterocycles. The summed E-state index contributed by atoms with van der Waals surface area (Å²) in [5.41, 5.74) is 0.961. The Morgan fingerprint density at radius 1 is 1.29 bits per heavy atom. The highest BCUT2D eigenvalue weighted by molar-refractivity contribution is 5.89. The number of aromatic nitrogens is 2. The number of nitrogens with one attached hydrogen (secondary N) is 1. The van der Waals surface area contributed by atoms with E-state index in [0.717, 1.165) is 0 Å². The lowest BCUT2D eigenvalue weighted by atomic mass is 10.1. The van der Waals surface area contributed by atoms with Gasteiger partial charge in [0, 0.05) is 13.9 Å². The molecule has 1 heterocycles. The summed E-state index contributed by atoms with van der Waals surface area (Å²) in [6, 6.07) is 3.54. The Hall–Kier alpha value is -1.71. The number of anilines is 1. The van der Waals surface area contributed by atoms with Gasteiger partial charge in [-0.15, -0.1) is 0 Å². The third-order valence-electron chi connectivity index (χ3n) is 2.17. The van der Waals surface area contributed by atoms with Gasteiger partial charge in [-0.3, -0.25) is 0 Å². The lowest BCUT2D eigenvalue weighted by Gasteiger charge is -2.05. The molecule has 0 aliphatic heterocycles. The van der Waals surface area contributed by atoms with Crippen LogP contribution in [-0.4, -0.2) is 17.0 Å². The first-order chi connectivity index (χ1) is 8.15. The minimum atomic E-state index is -0.276. The third-order valence-corrected chi connectivity index (χ3v) is 2.17. The van der Waals surface area contributed by atoms with Crippen LogP contribution in [0, 0.1) is 12.7 Å². The van der Waals surface area contributed by atoms with Crippen LogP contribution >= 0.6 is 0 Å². The first-order valence-corrected chi connectivity index (χ1v) is 5.73. The zero-order valence-corrected chi connectivity index (χ0v) is 10.7. The van der Waals surface area contributed by atoms with Crippen LogP contribution in [0.2, 0.25) is 0 Å². The summed E-state index contributed by atoms with van der Waals surface area (Å²) in [6.07, 6.45) is 2.61. The number of hydrogen-bond acceptors (Lipinski definition) is 3. The van der Waals surface area contributed by atoms with Gasteiger partial charge in [0.25, 0.3) is 0 Å². The highest BCUT2D eigenvalue weighted by Gasteiger charge is 2.08. The van der Waals surface area contributed by atoms with E-state index >= 15 is 0 Å². The molecular weight excluding hydrogens is 217 g/mol. The van der Waals surface area contributed by atoms with Crippen LogP contribution < -0.4 is 5.32 Å². The molecule has 1 aromatic carbocycles. The van der Waals surface area contributed by atoms with E-state index < -0.39 is 0 Å². The van der Waals surface area contributed by atoms with Crippen molar-refractivity contribution in [1.29, 1.82) is 0 Å². The summed E-state index contributed by atoms with van der Waals surface area (Å²) in [5.74, 6) is 0.371. The largest absolute Gasteiger partial charge is 0.373 e. The molecule has 2 rings (SSSR count). The van der Waals surface area contributed by atoms with Gasteiger partial charge in [0.1, 0.15) is 17.7 Å². The minimum absolute atomic E-state index is 0. The Morgan fingerprint density at radius 3 is 2.53 bits per heavy atom. The average molecular weight is 237 g/mol. The van der Waals surface area contributed by atoms with E-state index in [2.05, 4.69) is 29.1 Å². The molecule has 0 radical (unpaired) electrons. The molecule has 0 amide bonds. The molecule has 0 aliphatic rings. The molecule has 0 saturated heterocycles. The average Bonchev–Trinajstić information content (AvgIpc) is 2.34. The maximum absolute atomic E-state index is 13.6. The predicted octanol–water partition coefficient (Wildman–Crippen LogP) is 3.78. The molecule has 0 fully saturated rings. The molecule has 17 heavy (non-hydrogen) atoms. The monoisotopic (exact) mass is 237 g/mol. The SMILES string of the molecule is CCC.CNc1ncnc2c(F)c(C)ccc12.[HH]. The minimum Gasteiger partial charge on any atom is -0.373 e. The van der Waals surface area contributed by atoms with Gasteiger partial charge in [0.15, 0.2) is 5.82 Å². The van der Waals surface area contributed by atoms with Crippen molar-refractivity contribution in [1.82, 2.24) is 9.97 Å².